The molecule has 1 amide bonds. The highest BCUT2D eigenvalue weighted by Gasteiger charge is 2.23. The van der Waals surface area contributed by atoms with E-state index in [1.165, 1.54) is 37.0 Å². The molecule has 2 aromatic carbocycles. The van der Waals surface area contributed by atoms with E-state index in [0.717, 1.165) is 22.6 Å². The fraction of sp³-hybridized carbons (Fsp3) is 0.200. The van der Waals surface area contributed by atoms with Crippen LogP contribution in [0.3, 0.4) is 0 Å². The van der Waals surface area contributed by atoms with Crippen LogP contribution in [0.15, 0.2) is 36.7 Å². The third-order valence-electron chi connectivity index (χ3n) is 5.95. The molecule has 1 aliphatic rings. The van der Waals surface area contributed by atoms with Crippen molar-refractivity contribution in [2.24, 2.45) is 0 Å². The number of benzene rings is 2. The van der Waals surface area contributed by atoms with Crippen molar-refractivity contribution in [3.05, 3.63) is 76.5 Å². The molecular formula is C25H19F3N6O2. The molecule has 0 saturated heterocycles. The van der Waals surface area contributed by atoms with Crippen molar-refractivity contribution in [3.63, 3.8) is 0 Å². The maximum Gasteiger partial charge on any atom is 0.256 e. The summed E-state index contributed by atoms with van der Waals surface area (Å²) in [4.78, 5) is 21.8. The topological polar surface area (TPSA) is 95.5 Å². The summed E-state index contributed by atoms with van der Waals surface area (Å²) in [6.07, 6.45) is 3.25. The van der Waals surface area contributed by atoms with Gasteiger partial charge in [0.15, 0.2) is 11.3 Å². The summed E-state index contributed by atoms with van der Waals surface area (Å²) in [6, 6.07) is 6.57. The van der Waals surface area contributed by atoms with Crippen molar-refractivity contribution >= 4 is 17.5 Å². The van der Waals surface area contributed by atoms with E-state index in [4.69, 9.17) is 4.74 Å². The molecule has 2 aromatic heterocycles. The van der Waals surface area contributed by atoms with Crippen LogP contribution in [0.4, 0.5) is 19.1 Å². The van der Waals surface area contributed by atoms with E-state index in [1.807, 2.05) is 6.07 Å². The Balaban J connectivity index is 1.56. The Labute approximate surface area is 203 Å². The Bertz CT molecular complexity index is 1570. The first-order valence-corrected chi connectivity index (χ1v) is 10.9. The molecule has 8 nitrogen and oxygen atoms in total. The van der Waals surface area contributed by atoms with Gasteiger partial charge < -0.3 is 15.0 Å². The zero-order valence-electron chi connectivity index (χ0n) is 19.3. The molecule has 0 radical (unpaired) electrons. The number of hydrogen-bond donors (Lipinski definition) is 1. The number of rotatable bonds is 5. The van der Waals surface area contributed by atoms with Crippen LogP contribution in [0, 0.1) is 28.8 Å². The minimum atomic E-state index is -0.909. The molecule has 3 heterocycles. The van der Waals surface area contributed by atoms with Gasteiger partial charge in [0.25, 0.3) is 5.91 Å². The average Bonchev–Trinajstić information content (AvgIpc) is 3.51. The van der Waals surface area contributed by atoms with Gasteiger partial charge in [0.2, 0.25) is 5.95 Å². The van der Waals surface area contributed by atoms with Crippen molar-refractivity contribution in [1.29, 1.82) is 5.26 Å². The number of carbonyl (C=O) groups is 1. The second-order valence-corrected chi connectivity index (χ2v) is 8.39. The Morgan fingerprint density at radius 2 is 2.00 bits per heavy atom. The lowest BCUT2D eigenvalue weighted by Gasteiger charge is -2.14. The summed E-state index contributed by atoms with van der Waals surface area (Å²) in [5.41, 5.74) is 0.880. The maximum absolute atomic E-state index is 15.1. The maximum atomic E-state index is 15.1. The van der Waals surface area contributed by atoms with Gasteiger partial charge in [0.1, 0.15) is 29.3 Å². The molecule has 182 valence electrons. The highest BCUT2D eigenvalue weighted by Crippen LogP contribution is 2.32. The number of anilines is 1. The molecule has 0 unspecified atom stereocenters. The molecule has 1 N–H and O–H groups in total. The van der Waals surface area contributed by atoms with Gasteiger partial charge in [-0.3, -0.25) is 9.20 Å². The van der Waals surface area contributed by atoms with Crippen LogP contribution >= 0.6 is 0 Å². The van der Waals surface area contributed by atoms with E-state index in [-0.39, 0.29) is 35.0 Å². The minimum Gasteiger partial charge on any atom is -0.493 e. The van der Waals surface area contributed by atoms with Crippen molar-refractivity contribution in [3.8, 4) is 22.9 Å². The van der Waals surface area contributed by atoms with E-state index < -0.39 is 28.9 Å². The van der Waals surface area contributed by atoms with Crippen LogP contribution in [0.2, 0.25) is 0 Å². The molecule has 36 heavy (non-hydrogen) atoms. The zero-order valence-corrected chi connectivity index (χ0v) is 19.3. The number of halogens is 3. The van der Waals surface area contributed by atoms with Crippen molar-refractivity contribution in [2.45, 2.75) is 13.0 Å². The quantitative estimate of drug-likeness (QED) is 0.454. The molecule has 1 aliphatic heterocycles. The molecule has 0 fully saturated rings. The van der Waals surface area contributed by atoms with Crippen LogP contribution in [0.5, 0.6) is 5.75 Å². The normalized spacial score (nSPS) is 12.2. The molecule has 5 rings (SSSR count). The number of amides is 1. The van der Waals surface area contributed by atoms with Crippen LogP contribution < -0.4 is 10.1 Å². The monoisotopic (exact) mass is 492 g/mol. The van der Waals surface area contributed by atoms with E-state index in [9.17, 15) is 18.8 Å². The van der Waals surface area contributed by atoms with Gasteiger partial charge >= 0.3 is 0 Å². The second-order valence-electron chi connectivity index (χ2n) is 8.39. The summed E-state index contributed by atoms with van der Waals surface area (Å²) in [7, 11) is 2.87. The summed E-state index contributed by atoms with van der Waals surface area (Å²) in [5.74, 6) is -1.99. The van der Waals surface area contributed by atoms with Crippen molar-refractivity contribution in [2.75, 3.05) is 26.0 Å². The van der Waals surface area contributed by atoms with Gasteiger partial charge in [-0.2, -0.15) is 5.26 Å². The van der Waals surface area contributed by atoms with Crippen LogP contribution in [-0.2, 0) is 13.0 Å². The van der Waals surface area contributed by atoms with E-state index in [0.29, 0.717) is 24.3 Å². The van der Waals surface area contributed by atoms with Gasteiger partial charge in [0, 0.05) is 55.5 Å². The number of nitrogens with zero attached hydrogens (tertiary/aromatic N) is 5. The number of carbonyl (C=O) groups excluding carboxylic acids is 1. The molecule has 4 aromatic rings. The lowest BCUT2D eigenvalue weighted by Crippen LogP contribution is -2.23. The Kier molecular flexibility index (Phi) is 5.72. The predicted molar refractivity (Wildman–Crippen MR) is 124 cm³/mol. The number of aromatic nitrogens is 3. The summed E-state index contributed by atoms with van der Waals surface area (Å²) in [6.45, 7) is 0.543. The smallest absolute Gasteiger partial charge is 0.256 e. The Morgan fingerprint density at radius 1 is 1.19 bits per heavy atom. The summed E-state index contributed by atoms with van der Waals surface area (Å²) < 4.78 is 51.3. The van der Waals surface area contributed by atoms with Gasteiger partial charge in [0.05, 0.1) is 18.4 Å². The number of ether oxygens (including phenoxy) is 1. The SMILES string of the molecule is CN(C)C(=O)c1cc(F)c(-c2cnc(NCc3c(F)ccc4c3CCO4)n3cc(C#N)nc23)cc1F. The number of fused-ring (bicyclic) bond motifs is 2. The molecule has 0 spiro atoms. The number of hydrogen-bond acceptors (Lipinski definition) is 6. The third-order valence-corrected chi connectivity index (χ3v) is 5.95. The molecule has 0 atom stereocenters. The van der Waals surface area contributed by atoms with Gasteiger partial charge in [-0.05, 0) is 24.3 Å². The fourth-order valence-electron chi connectivity index (χ4n) is 4.18. The molecular weight excluding hydrogens is 473 g/mol. The van der Waals surface area contributed by atoms with Gasteiger partial charge in [-0.25, -0.2) is 23.1 Å². The lowest BCUT2D eigenvalue weighted by atomic mass is 10.0. The summed E-state index contributed by atoms with van der Waals surface area (Å²) in [5, 5.41) is 12.4. The predicted octanol–water partition coefficient (Wildman–Crippen LogP) is 3.93. The number of nitrogens with one attached hydrogen (secondary N) is 1. The minimum absolute atomic E-state index is 0.0211. The number of nitriles is 1. The highest BCUT2D eigenvalue weighted by atomic mass is 19.1. The van der Waals surface area contributed by atoms with Crippen LogP contribution in [-0.4, -0.2) is 45.9 Å². The Morgan fingerprint density at radius 3 is 2.75 bits per heavy atom. The van der Waals surface area contributed by atoms with Crippen LogP contribution in [0.25, 0.3) is 16.8 Å². The third kappa shape index (κ3) is 3.86. The summed E-state index contributed by atoms with van der Waals surface area (Å²) >= 11 is 0. The van der Waals surface area contributed by atoms with Crippen molar-refractivity contribution in [1.82, 2.24) is 19.3 Å². The van der Waals surface area contributed by atoms with Crippen LogP contribution in [0.1, 0.15) is 27.2 Å². The van der Waals surface area contributed by atoms with Gasteiger partial charge in [-0.1, -0.05) is 0 Å². The van der Waals surface area contributed by atoms with Crippen molar-refractivity contribution < 1.29 is 22.7 Å². The highest BCUT2D eigenvalue weighted by molar-refractivity contribution is 5.95. The fourth-order valence-corrected chi connectivity index (χ4v) is 4.18. The zero-order chi connectivity index (χ0) is 25.6. The first-order chi connectivity index (χ1) is 17.3. The number of imidazole rings is 1. The average molecular weight is 492 g/mol. The van der Waals surface area contributed by atoms with E-state index in [2.05, 4.69) is 15.3 Å². The second kappa shape index (κ2) is 8.88. The lowest BCUT2D eigenvalue weighted by molar-refractivity contribution is 0.0822. The van der Waals surface area contributed by atoms with Gasteiger partial charge in [-0.15, -0.1) is 0 Å². The molecule has 0 bridgehead atoms. The first-order valence-electron chi connectivity index (χ1n) is 10.9. The standard InChI is InChI=1S/C25H19F3N6O2/c1-33(2)24(35)16-8-20(27)15(7-21(16)28)18-11-31-25(34-12-13(9-29)32-23(18)34)30-10-17-14-5-6-36-22(14)4-3-19(17)26/h3-4,7-8,11-12H,5-6,10H2,1-2H3,(H,30,31). The van der Waals surface area contributed by atoms with E-state index >= 15 is 4.39 Å². The molecule has 0 saturated carbocycles. The Hall–Kier alpha value is -4.59. The molecule has 11 heteroatoms. The molecule has 0 aliphatic carbocycles. The van der Waals surface area contributed by atoms with E-state index in [1.54, 1.807) is 6.07 Å². The first kappa shape index (κ1) is 23.2. The largest absolute Gasteiger partial charge is 0.493 e.